The first-order chi connectivity index (χ1) is 15.5. The molecule has 7 nitrogen and oxygen atoms in total. The van der Waals surface area contributed by atoms with Crippen LogP contribution >= 0.6 is 11.6 Å². The molecule has 2 aromatic carbocycles. The third-order valence-corrected chi connectivity index (χ3v) is 5.90. The zero-order valence-corrected chi connectivity index (χ0v) is 18.5. The average Bonchev–Trinajstić information content (AvgIpc) is 3.03. The molecule has 0 N–H and O–H groups in total. The Bertz CT molecular complexity index is 1060. The van der Waals surface area contributed by atoms with E-state index in [1.165, 1.54) is 11.6 Å². The molecule has 1 saturated heterocycles. The summed E-state index contributed by atoms with van der Waals surface area (Å²) in [5.41, 5.74) is 2.01. The topological polar surface area (TPSA) is 70.2 Å². The summed E-state index contributed by atoms with van der Waals surface area (Å²) in [6.07, 6.45) is 0. The molecule has 1 fully saturated rings. The minimum absolute atomic E-state index is 0.0898. The zero-order valence-electron chi connectivity index (χ0n) is 17.8. The highest BCUT2D eigenvalue weighted by atomic mass is 35.5. The summed E-state index contributed by atoms with van der Waals surface area (Å²) in [4.78, 5) is 43.3. The maximum absolute atomic E-state index is 13.2. The quantitative estimate of drug-likeness (QED) is 0.494. The first kappa shape index (κ1) is 22.0. The molecule has 4 rings (SSSR count). The first-order valence-corrected chi connectivity index (χ1v) is 10.9. The fourth-order valence-electron chi connectivity index (χ4n) is 3.96. The van der Waals surface area contributed by atoms with Gasteiger partial charge in [-0.2, -0.15) is 0 Å². The Balaban J connectivity index is 1.46. The van der Waals surface area contributed by atoms with Crippen LogP contribution in [0, 0.1) is 0 Å². The average molecular weight is 454 g/mol. The number of esters is 1. The van der Waals surface area contributed by atoms with Crippen LogP contribution in [0.5, 0.6) is 0 Å². The van der Waals surface area contributed by atoms with Crippen molar-refractivity contribution in [2.75, 3.05) is 37.7 Å². The number of rotatable bonds is 6. The molecule has 0 saturated carbocycles. The molecule has 0 atom stereocenters. The molecular weight excluding hydrogens is 430 g/mol. The molecule has 2 heterocycles. The van der Waals surface area contributed by atoms with E-state index in [9.17, 15) is 14.4 Å². The Morgan fingerprint density at radius 3 is 2.38 bits per heavy atom. The summed E-state index contributed by atoms with van der Waals surface area (Å²) in [7, 11) is 0. The van der Waals surface area contributed by atoms with Crippen LogP contribution in [0.15, 0.2) is 65.3 Å². The summed E-state index contributed by atoms with van der Waals surface area (Å²) in [5.74, 6) is -1.57. The number of piperazine rings is 1. The molecule has 0 aromatic heterocycles. The Hall–Kier alpha value is -3.16. The van der Waals surface area contributed by atoms with Gasteiger partial charge in [0.2, 0.25) is 0 Å². The van der Waals surface area contributed by atoms with Gasteiger partial charge in [-0.05, 0) is 30.7 Å². The zero-order chi connectivity index (χ0) is 22.7. The lowest BCUT2D eigenvalue weighted by Gasteiger charge is -2.36. The number of imide groups is 1. The van der Waals surface area contributed by atoms with Crippen LogP contribution in [0.2, 0.25) is 0 Å². The van der Waals surface area contributed by atoms with Crippen molar-refractivity contribution in [2.24, 2.45) is 0 Å². The molecule has 8 heteroatoms. The SMILES string of the molecule is CCOC(=O)c1cccc(N2C(=O)C(Cl)=C(N3CCN(Cc4ccccc4)CC3)C2=O)c1. The summed E-state index contributed by atoms with van der Waals surface area (Å²) >= 11 is 6.34. The summed E-state index contributed by atoms with van der Waals surface area (Å²) in [5, 5.41) is -0.0898. The fourth-order valence-corrected chi connectivity index (χ4v) is 4.24. The smallest absolute Gasteiger partial charge is 0.338 e. The number of amides is 2. The van der Waals surface area contributed by atoms with Crippen molar-refractivity contribution in [1.29, 1.82) is 0 Å². The molecule has 166 valence electrons. The third kappa shape index (κ3) is 4.40. The number of hydrogen-bond donors (Lipinski definition) is 0. The molecule has 2 aliphatic heterocycles. The molecule has 32 heavy (non-hydrogen) atoms. The van der Waals surface area contributed by atoms with E-state index >= 15 is 0 Å². The Kier molecular flexibility index (Phi) is 6.58. The van der Waals surface area contributed by atoms with Crippen molar-refractivity contribution in [2.45, 2.75) is 13.5 Å². The maximum Gasteiger partial charge on any atom is 0.338 e. The number of carbonyl (C=O) groups excluding carboxylic acids is 3. The van der Waals surface area contributed by atoms with Crippen LogP contribution < -0.4 is 4.90 Å². The minimum atomic E-state index is -0.584. The van der Waals surface area contributed by atoms with Gasteiger partial charge in [0.1, 0.15) is 10.7 Å². The lowest BCUT2D eigenvalue weighted by Crippen LogP contribution is -2.47. The highest BCUT2D eigenvalue weighted by molar-refractivity contribution is 6.52. The lowest BCUT2D eigenvalue weighted by molar-refractivity contribution is -0.121. The van der Waals surface area contributed by atoms with Gasteiger partial charge in [0.05, 0.1) is 17.9 Å². The van der Waals surface area contributed by atoms with Gasteiger partial charge < -0.3 is 9.64 Å². The van der Waals surface area contributed by atoms with E-state index in [1.807, 2.05) is 23.1 Å². The number of nitrogens with zero attached hydrogens (tertiary/aromatic N) is 3. The van der Waals surface area contributed by atoms with Crippen molar-refractivity contribution >= 4 is 35.1 Å². The normalized spacial score (nSPS) is 17.3. The van der Waals surface area contributed by atoms with E-state index in [0.717, 1.165) is 24.5 Å². The van der Waals surface area contributed by atoms with E-state index in [2.05, 4.69) is 17.0 Å². The van der Waals surface area contributed by atoms with Crippen LogP contribution in [-0.4, -0.2) is 60.4 Å². The predicted octanol–water partition coefficient (Wildman–Crippen LogP) is 3.00. The predicted molar refractivity (Wildman–Crippen MR) is 121 cm³/mol. The Morgan fingerprint density at radius 2 is 1.69 bits per heavy atom. The second kappa shape index (κ2) is 9.54. The number of anilines is 1. The monoisotopic (exact) mass is 453 g/mol. The summed E-state index contributed by atoms with van der Waals surface area (Å²) < 4.78 is 5.01. The molecule has 0 unspecified atom stereocenters. The van der Waals surface area contributed by atoms with Crippen LogP contribution in [0.25, 0.3) is 0 Å². The van der Waals surface area contributed by atoms with E-state index < -0.39 is 17.8 Å². The van der Waals surface area contributed by atoms with Gasteiger partial charge in [-0.1, -0.05) is 48.0 Å². The van der Waals surface area contributed by atoms with Gasteiger partial charge in [-0.15, -0.1) is 0 Å². The van der Waals surface area contributed by atoms with Crippen LogP contribution in [-0.2, 0) is 20.9 Å². The first-order valence-electron chi connectivity index (χ1n) is 10.6. The Labute approximate surface area is 191 Å². The van der Waals surface area contributed by atoms with Crippen molar-refractivity contribution < 1.29 is 19.1 Å². The molecule has 2 amide bonds. The van der Waals surface area contributed by atoms with E-state index in [4.69, 9.17) is 16.3 Å². The van der Waals surface area contributed by atoms with E-state index in [0.29, 0.717) is 18.8 Å². The third-order valence-electron chi connectivity index (χ3n) is 5.56. The van der Waals surface area contributed by atoms with Crippen molar-refractivity contribution in [1.82, 2.24) is 9.80 Å². The highest BCUT2D eigenvalue weighted by Crippen LogP contribution is 2.32. The second-order valence-corrected chi connectivity index (χ2v) is 8.01. The van der Waals surface area contributed by atoms with E-state index in [-0.39, 0.29) is 22.9 Å². The summed E-state index contributed by atoms with van der Waals surface area (Å²) in [6, 6.07) is 16.5. The van der Waals surface area contributed by atoms with Crippen LogP contribution in [0.4, 0.5) is 5.69 Å². The van der Waals surface area contributed by atoms with Crippen molar-refractivity contribution in [3.05, 3.63) is 76.5 Å². The molecule has 2 aromatic rings. The molecular formula is C24H24ClN3O4. The van der Waals surface area contributed by atoms with Gasteiger partial charge >= 0.3 is 5.97 Å². The number of carbonyl (C=O) groups is 3. The maximum atomic E-state index is 13.2. The van der Waals surface area contributed by atoms with Gasteiger partial charge in [0.25, 0.3) is 11.8 Å². The molecule has 2 aliphatic rings. The van der Waals surface area contributed by atoms with Crippen molar-refractivity contribution in [3.8, 4) is 0 Å². The largest absolute Gasteiger partial charge is 0.462 e. The van der Waals surface area contributed by atoms with Gasteiger partial charge in [-0.3, -0.25) is 14.5 Å². The minimum Gasteiger partial charge on any atom is -0.462 e. The summed E-state index contributed by atoms with van der Waals surface area (Å²) in [6.45, 7) is 5.47. The second-order valence-electron chi connectivity index (χ2n) is 7.63. The van der Waals surface area contributed by atoms with Gasteiger partial charge in [0.15, 0.2) is 0 Å². The fraction of sp³-hybridized carbons (Fsp3) is 0.292. The number of ether oxygens (including phenoxy) is 1. The molecule has 0 radical (unpaired) electrons. The van der Waals surface area contributed by atoms with E-state index in [1.54, 1.807) is 25.1 Å². The molecule has 0 aliphatic carbocycles. The lowest BCUT2D eigenvalue weighted by atomic mass is 10.2. The van der Waals surface area contributed by atoms with Crippen LogP contribution in [0.3, 0.4) is 0 Å². The number of benzene rings is 2. The standard InChI is InChI=1S/C24H24ClN3O4/c1-2-32-24(31)18-9-6-10-19(15-18)28-22(29)20(25)21(23(28)30)27-13-11-26(12-14-27)16-17-7-4-3-5-8-17/h3-10,15H,2,11-14,16H2,1H3. The highest BCUT2D eigenvalue weighted by Gasteiger charge is 2.42. The van der Waals surface area contributed by atoms with Gasteiger partial charge in [-0.25, -0.2) is 9.69 Å². The number of halogens is 1. The number of hydrogen-bond acceptors (Lipinski definition) is 6. The molecule has 0 spiro atoms. The van der Waals surface area contributed by atoms with Crippen LogP contribution in [0.1, 0.15) is 22.8 Å². The van der Waals surface area contributed by atoms with Gasteiger partial charge in [0, 0.05) is 32.7 Å². The Morgan fingerprint density at radius 1 is 0.969 bits per heavy atom. The molecule has 0 bridgehead atoms. The van der Waals surface area contributed by atoms with Crippen molar-refractivity contribution in [3.63, 3.8) is 0 Å².